The van der Waals surface area contributed by atoms with Crippen LogP contribution in [0.2, 0.25) is 5.02 Å². The van der Waals surface area contributed by atoms with Gasteiger partial charge in [0, 0.05) is 32.4 Å². The molecule has 8 heteroatoms. The van der Waals surface area contributed by atoms with Gasteiger partial charge in [0.2, 0.25) is 0 Å². The molecule has 0 aromatic heterocycles. The van der Waals surface area contributed by atoms with Crippen molar-refractivity contribution in [3.05, 3.63) is 35.0 Å². The average molecular weight is 360 g/mol. The molecule has 0 saturated carbocycles. The standard InChI is InChI=1S/C17H18ClN5O2/c1-2-25-17(24)23-8-6-22(7-9-23)16-14(18)4-3-5-15(16)21-12-13(10-19)11-20/h3-5,12,21H,2,6-9H2,1H3. The Kier molecular flexibility index (Phi) is 6.50. The van der Waals surface area contributed by atoms with E-state index in [1.54, 1.807) is 36.1 Å². The molecule has 130 valence electrons. The largest absolute Gasteiger partial charge is 0.450 e. The molecule has 0 aliphatic carbocycles. The molecule has 25 heavy (non-hydrogen) atoms. The summed E-state index contributed by atoms with van der Waals surface area (Å²) in [5.41, 5.74) is 1.44. The summed E-state index contributed by atoms with van der Waals surface area (Å²) in [5, 5.41) is 21.2. The van der Waals surface area contributed by atoms with Crippen molar-refractivity contribution in [2.45, 2.75) is 6.92 Å². The highest BCUT2D eigenvalue weighted by Crippen LogP contribution is 2.34. The van der Waals surface area contributed by atoms with E-state index in [1.165, 1.54) is 6.20 Å². The first kappa shape index (κ1) is 18.4. The molecule has 1 heterocycles. The quantitative estimate of drug-likeness (QED) is 0.831. The lowest BCUT2D eigenvalue weighted by Crippen LogP contribution is -2.49. The van der Waals surface area contributed by atoms with Crippen LogP contribution in [0, 0.1) is 22.7 Å². The Morgan fingerprint density at radius 2 is 2.00 bits per heavy atom. The topological polar surface area (TPSA) is 92.4 Å². The van der Waals surface area contributed by atoms with Gasteiger partial charge < -0.3 is 19.9 Å². The van der Waals surface area contributed by atoms with Gasteiger partial charge in [0.15, 0.2) is 0 Å². The summed E-state index contributed by atoms with van der Waals surface area (Å²) in [5.74, 6) is 0. The zero-order chi connectivity index (χ0) is 18.2. The number of halogens is 1. The molecule has 2 rings (SSSR count). The lowest BCUT2D eigenvalue weighted by atomic mass is 10.2. The van der Waals surface area contributed by atoms with Gasteiger partial charge in [0.05, 0.1) is 23.0 Å². The summed E-state index contributed by atoms with van der Waals surface area (Å²) in [6.45, 7) is 4.39. The van der Waals surface area contributed by atoms with Gasteiger partial charge in [-0.1, -0.05) is 17.7 Å². The van der Waals surface area contributed by atoms with Crippen molar-refractivity contribution in [3.8, 4) is 12.1 Å². The highest BCUT2D eigenvalue weighted by molar-refractivity contribution is 6.34. The van der Waals surface area contributed by atoms with Gasteiger partial charge in [0.1, 0.15) is 17.7 Å². The third kappa shape index (κ3) is 4.56. The molecule has 1 saturated heterocycles. The first-order chi connectivity index (χ1) is 12.1. The minimum Gasteiger partial charge on any atom is -0.450 e. The average Bonchev–Trinajstić information content (AvgIpc) is 2.63. The summed E-state index contributed by atoms with van der Waals surface area (Å²) in [7, 11) is 0. The highest BCUT2D eigenvalue weighted by atomic mass is 35.5. The summed E-state index contributed by atoms with van der Waals surface area (Å²) in [4.78, 5) is 15.5. The lowest BCUT2D eigenvalue weighted by molar-refractivity contribution is 0.105. The number of nitrogens with one attached hydrogen (secondary N) is 1. The van der Waals surface area contributed by atoms with Crippen LogP contribution in [0.3, 0.4) is 0 Å². The highest BCUT2D eigenvalue weighted by Gasteiger charge is 2.24. The van der Waals surface area contributed by atoms with E-state index in [1.807, 2.05) is 6.07 Å². The van der Waals surface area contributed by atoms with Gasteiger partial charge in [-0.05, 0) is 19.1 Å². The van der Waals surface area contributed by atoms with Crippen LogP contribution in [0.5, 0.6) is 0 Å². The monoisotopic (exact) mass is 359 g/mol. The number of benzene rings is 1. The van der Waals surface area contributed by atoms with Gasteiger partial charge in [-0.3, -0.25) is 0 Å². The van der Waals surface area contributed by atoms with Gasteiger partial charge >= 0.3 is 6.09 Å². The number of allylic oxidation sites excluding steroid dienone is 1. The molecule has 1 aromatic rings. The number of hydrogen-bond donors (Lipinski definition) is 1. The Morgan fingerprint density at radius 1 is 1.32 bits per heavy atom. The molecular weight excluding hydrogens is 342 g/mol. The normalized spacial score (nSPS) is 13.4. The number of anilines is 2. The van der Waals surface area contributed by atoms with Crippen molar-refractivity contribution < 1.29 is 9.53 Å². The van der Waals surface area contributed by atoms with Crippen molar-refractivity contribution >= 4 is 29.1 Å². The van der Waals surface area contributed by atoms with Crippen molar-refractivity contribution in [2.75, 3.05) is 43.0 Å². The molecule has 0 unspecified atom stereocenters. The first-order valence-corrected chi connectivity index (χ1v) is 8.20. The number of nitrogens with zero attached hydrogens (tertiary/aromatic N) is 4. The van der Waals surface area contributed by atoms with Crippen LogP contribution >= 0.6 is 11.6 Å². The minimum atomic E-state index is -0.310. The number of hydrogen-bond acceptors (Lipinski definition) is 6. The number of piperazine rings is 1. The fourth-order valence-electron chi connectivity index (χ4n) is 2.52. The van der Waals surface area contributed by atoms with Crippen LogP contribution in [0.25, 0.3) is 0 Å². The molecule has 0 spiro atoms. The third-order valence-corrected chi connectivity index (χ3v) is 4.03. The SMILES string of the molecule is CCOC(=O)N1CCN(c2c(Cl)cccc2NC=C(C#N)C#N)CC1. The second-order valence-corrected chi connectivity index (χ2v) is 5.64. The molecular formula is C17H18ClN5O2. The Bertz CT molecular complexity index is 726. The second-order valence-electron chi connectivity index (χ2n) is 5.23. The van der Waals surface area contributed by atoms with E-state index >= 15 is 0 Å². The fourth-order valence-corrected chi connectivity index (χ4v) is 2.81. The number of nitriles is 2. The van der Waals surface area contributed by atoms with E-state index in [2.05, 4.69) is 10.2 Å². The number of ether oxygens (including phenoxy) is 1. The Balaban J connectivity index is 2.15. The van der Waals surface area contributed by atoms with Crippen LogP contribution in [0.1, 0.15) is 6.92 Å². The Labute approximate surface area is 151 Å². The maximum atomic E-state index is 11.8. The van der Waals surface area contributed by atoms with Crippen LogP contribution in [0.4, 0.5) is 16.2 Å². The van der Waals surface area contributed by atoms with E-state index in [0.29, 0.717) is 43.5 Å². The van der Waals surface area contributed by atoms with Gasteiger partial charge in [-0.25, -0.2) is 4.79 Å². The summed E-state index contributed by atoms with van der Waals surface area (Å²) in [6.07, 6.45) is 1.04. The molecule has 0 atom stereocenters. The zero-order valence-electron chi connectivity index (χ0n) is 13.8. The van der Waals surface area contributed by atoms with Gasteiger partial charge in [-0.2, -0.15) is 10.5 Å². The van der Waals surface area contributed by atoms with Crippen LogP contribution in [-0.4, -0.2) is 43.8 Å². The van der Waals surface area contributed by atoms with E-state index in [-0.39, 0.29) is 11.7 Å². The number of carbonyl (C=O) groups is 1. The van der Waals surface area contributed by atoms with Crippen LogP contribution in [-0.2, 0) is 4.74 Å². The maximum absolute atomic E-state index is 11.8. The van der Waals surface area contributed by atoms with Gasteiger partial charge in [-0.15, -0.1) is 0 Å². The van der Waals surface area contributed by atoms with E-state index in [0.717, 1.165) is 5.69 Å². The van der Waals surface area contributed by atoms with Crippen LogP contribution in [0.15, 0.2) is 30.0 Å². The summed E-state index contributed by atoms with van der Waals surface area (Å²) in [6, 6.07) is 8.98. The Morgan fingerprint density at radius 3 is 2.60 bits per heavy atom. The van der Waals surface area contributed by atoms with Crippen molar-refractivity contribution in [1.29, 1.82) is 10.5 Å². The fraction of sp³-hybridized carbons (Fsp3) is 0.353. The lowest BCUT2D eigenvalue weighted by Gasteiger charge is -2.36. The second kappa shape index (κ2) is 8.81. The van der Waals surface area contributed by atoms with E-state index in [4.69, 9.17) is 26.9 Å². The molecule has 1 N–H and O–H groups in total. The predicted octanol–water partition coefficient (Wildman–Crippen LogP) is 2.96. The van der Waals surface area contributed by atoms with Crippen molar-refractivity contribution in [2.24, 2.45) is 0 Å². The molecule has 7 nitrogen and oxygen atoms in total. The summed E-state index contributed by atoms with van der Waals surface area (Å²) < 4.78 is 5.02. The smallest absolute Gasteiger partial charge is 0.409 e. The number of para-hydroxylation sites is 1. The van der Waals surface area contributed by atoms with E-state index < -0.39 is 0 Å². The predicted molar refractivity (Wildman–Crippen MR) is 95.2 cm³/mol. The molecule has 0 bridgehead atoms. The number of carbonyl (C=O) groups excluding carboxylic acids is 1. The molecule has 1 aromatic carbocycles. The first-order valence-electron chi connectivity index (χ1n) is 7.82. The molecule has 1 amide bonds. The van der Waals surface area contributed by atoms with E-state index in [9.17, 15) is 4.79 Å². The molecule has 1 fully saturated rings. The third-order valence-electron chi connectivity index (χ3n) is 3.72. The maximum Gasteiger partial charge on any atom is 0.409 e. The molecule has 0 radical (unpaired) electrons. The number of rotatable bonds is 4. The summed E-state index contributed by atoms with van der Waals surface area (Å²) >= 11 is 6.36. The van der Waals surface area contributed by atoms with Crippen molar-refractivity contribution in [1.82, 2.24) is 4.90 Å². The van der Waals surface area contributed by atoms with Gasteiger partial charge in [0.25, 0.3) is 0 Å². The molecule has 1 aliphatic rings. The zero-order valence-corrected chi connectivity index (χ0v) is 14.6. The Hall–Kier alpha value is -2.90. The molecule has 1 aliphatic heterocycles. The number of amides is 1. The van der Waals surface area contributed by atoms with Crippen molar-refractivity contribution in [3.63, 3.8) is 0 Å². The van der Waals surface area contributed by atoms with Crippen LogP contribution < -0.4 is 10.2 Å². The minimum absolute atomic E-state index is 0.0296.